The van der Waals surface area contributed by atoms with Gasteiger partial charge in [0, 0.05) is 18.1 Å². The number of hydrogen-bond donors (Lipinski definition) is 0. The van der Waals surface area contributed by atoms with Crippen molar-refractivity contribution in [3.8, 4) is 6.07 Å². The van der Waals surface area contributed by atoms with Gasteiger partial charge in [0.15, 0.2) is 0 Å². The van der Waals surface area contributed by atoms with Gasteiger partial charge in [0.25, 0.3) is 0 Å². The molecule has 0 spiro atoms. The zero-order valence-electron chi connectivity index (χ0n) is 10.6. The monoisotopic (exact) mass is 258 g/mol. The predicted molar refractivity (Wildman–Crippen MR) is 72.6 cm³/mol. The van der Waals surface area contributed by atoms with Crippen LogP contribution in [0.5, 0.6) is 0 Å². The minimum absolute atomic E-state index is 0.481. The zero-order chi connectivity index (χ0) is 13.1. The molecule has 0 aliphatic heterocycles. The number of aryl methyl sites for hydroxylation is 2. The Morgan fingerprint density at radius 1 is 1.33 bits per heavy atom. The number of hydrogen-bond acceptors (Lipinski definition) is 5. The number of anilines is 1. The third-order valence-electron chi connectivity index (χ3n) is 2.62. The van der Waals surface area contributed by atoms with Gasteiger partial charge in [-0.3, -0.25) is 0 Å². The third kappa shape index (κ3) is 2.66. The molecule has 0 radical (unpaired) electrons. The first kappa shape index (κ1) is 12.5. The highest BCUT2D eigenvalue weighted by Gasteiger charge is 2.08. The van der Waals surface area contributed by atoms with E-state index < -0.39 is 0 Å². The van der Waals surface area contributed by atoms with Crippen molar-refractivity contribution < 1.29 is 0 Å². The second-order valence-corrected chi connectivity index (χ2v) is 5.13. The third-order valence-corrected chi connectivity index (χ3v) is 3.57. The van der Waals surface area contributed by atoms with Gasteiger partial charge in [0.2, 0.25) is 0 Å². The average Bonchev–Trinajstić information content (AvgIpc) is 2.75. The molecule has 92 valence electrons. The molecule has 2 aromatic rings. The fourth-order valence-electron chi connectivity index (χ4n) is 1.60. The maximum Gasteiger partial charge on any atom is 0.145 e. The number of thiazole rings is 1. The van der Waals surface area contributed by atoms with Crippen LogP contribution < -0.4 is 4.90 Å². The van der Waals surface area contributed by atoms with E-state index in [9.17, 15) is 0 Å². The number of rotatable bonds is 3. The lowest BCUT2D eigenvalue weighted by atomic mass is 10.2. The molecule has 2 rings (SSSR count). The lowest BCUT2D eigenvalue weighted by molar-refractivity contribution is 0.880. The van der Waals surface area contributed by atoms with E-state index in [2.05, 4.69) is 16.0 Å². The first-order chi connectivity index (χ1) is 8.60. The Kier molecular flexibility index (Phi) is 3.58. The molecule has 0 aliphatic rings. The summed E-state index contributed by atoms with van der Waals surface area (Å²) in [6.07, 6.45) is 0. The molecular weight excluding hydrogens is 244 g/mol. The highest BCUT2D eigenvalue weighted by molar-refractivity contribution is 7.09. The summed E-state index contributed by atoms with van der Waals surface area (Å²) in [4.78, 5) is 10.8. The largest absolute Gasteiger partial charge is 0.353 e. The van der Waals surface area contributed by atoms with Crippen LogP contribution in [0, 0.1) is 25.2 Å². The van der Waals surface area contributed by atoms with E-state index in [1.54, 1.807) is 11.3 Å². The summed E-state index contributed by atoms with van der Waals surface area (Å²) in [6, 6.07) is 5.96. The van der Waals surface area contributed by atoms with Crippen LogP contribution in [0.3, 0.4) is 0 Å². The normalized spacial score (nSPS) is 10.1. The Morgan fingerprint density at radius 3 is 2.72 bits per heavy atom. The van der Waals surface area contributed by atoms with E-state index in [1.807, 2.05) is 43.3 Å². The highest BCUT2D eigenvalue weighted by Crippen LogP contribution is 2.17. The molecule has 0 saturated heterocycles. The summed E-state index contributed by atoms with van der Waals surface area (Å²) in [6.45, 7) is 4.58. The van der Waals surface area contributed by atoms with Crippen molar-refractivity contribution in [2.75, 3.05) is 11.9 Å². The molecule has 5 heteroatoms. The van der Waals surface area contributed by atoms with Crippen molar-refractivity contribution in [2.24, 2.45) is 0 Å². The lowest BCUT2D eigenvalue weighted by Crippen LogP contribution is -2.18. The summed E-state index contributed by atoms with van der Waals surface area (Å²) in [7, 11) is 1.95. The molecule has 2 aromatic heterocycles. The van der Waals surface area contributed by atoms with Gasteiger partial charge in [-0.05, 0) is 25.5 Å². The minimum Gasteiger partial charge on any atom is -0.353 e. The Morgan fingerprint density at radius 2 is 2.11 bits per heavy atom. The van der Waals surface area contributed by atoms with Gasteiger partial charge in [0.05, 0.1) is 6.54 Å². The van der Waals surface area contributed by atoms with Crippen molar-refractivity contribution in [2.45, 2.75) is 20.4 Å². The fraction of sp³-hybridized carbons (Fsp3) is 0.308. The van der Waals surface area contributed by atoms with E-state index in [0.29, 0.717) is 12.2 Å². The Hall–Kier alpha value is -1.93. The topological polar surface area (TPSA) is 52.8 Å². The van der Waals surface area contributed by atoms with Gasteiger partial charge in [-0.2, -0.15) is 5.26 Å². The van der Waals surface area contributed by atoms with Crippen LogP contribution in [-0.2, 0) is 6.54 Å². The van der Waals surface area contributed by atoms with Crippen LogP contribution in [0.4, 0.5) is 5.82 Å². The van der Waals surface area contributed by atoms with Gasteiger partial charge in [-0.25, -0.2) is 9.97 Å². The number of nitrogens with zero attached hydrogens (tertiary/aromatic N) is 4. The van der Waals surface area contributed by atoms with Crippen molar-refractivity contribution in [3.63, 3.8) is 0 Å². The maximum atomic E-state index is 8.98. The molecule has 0 N–H and O–H groups in total. The van der Waals surface area contributed by atoms with Crippen LogP contribution in [0.2, 0.25) is 0 Å². The van der Waals surface area contributed by atoms with Crippen LogP contribution in [0.25, 0.3) is 0 Å². The quantitative estimate of drug-likeness (QED) is 0.849. The smallest absolute Gasteiger partial charge is 0.145 e. The van der Waals surface area contributed by atoms with E-state index in [-0.39, 0.29) is 0 Å². The molecular formula is C13H14N4S. The molecule has 4 nitrogen and oxygen atoms in total. The molecule has 0 bridgehead atoms. The molecule has 0 saturated carbocycles. The second-order valence-electron chi connectivity index (χ2n) is 4.19. The standard InChI is InChI=1S/C13H14N4S/c1-9-4-5-12(16-11(9)6-14)17(3)7-13-15-10(2)8-18-13/h4-5,8H,7H2,1-3H3. The molecule has 18 heavy (non-hydrogen) atoms. The van der Waals surface area contributed by atoms with E-state index in [1.165, 1.54) is 0 Å². The van der Waals surface area contributed by atoms with Crippen molar-refractivity contribution in [1.82, 2.24) is 9.97 Å². The second kappa shape index (κ2) is 5.15. The minimum atomic E-state index is 0.481. The Labute approximate surface area is 111 Å². The van der Waals surface area contributed by atoms with Crippen LogP contribution in [0.1, 0.15) is 22.0 Å². The molecule has 0 atom stereocenters. The first-order valence-corrected chi connectivity index (χ1v) is 6.48. The molecule has 0 fully saturated rings. The maximum absolute atomic E-state index is 8.98. The number of nitriles is 1. The summed E-state index contributed by atoms with van der Waals surface area (Å²) in [5, 5.41) is 12.1. The lowest BCUT2D eigenvalue weighted by Gasteiger charge is -2.17. The Balaban J connectivity index is 2.19. The Bertz CT molecular complexity index is 597. The van der Waals surface area contributed by atoms with Gasteiger partial charge in [0.1, 0.15) is 22.6 Å². The molecule has 0 amide bonds. The fourth-order valence-corrected chi connectivity index (χ4v) is 2.43. The van der Waals surface area contributed by atoms with E-state index >= 15 is 0 Å². The number of pyridine rings is 1. The molecule has 0 unspecified atom stereocenters. The summed E-state index contributed by atoms with van der Waals surface area (Å²) >= 11 is 1.64. The van der Waals surface area contributed by atoms with E-state index in [4.69, 9.17) is 5.26 Å². The predicted octanol–water partition coefficient (Wildman–Crippen LogP) is 2.66. The molecule has 2 heterocycles. The molecule has 0 aromatic carbocycles. The number of aromatic nitrogens is 2. The summed E-state index contributed by atoms with van der Waals surface area (Å²) in [5.74, 6) is 0.796. The van der Waals surface area contributed by atoms with Crippen LogP contribution >= 0.6 is 11.3 Å². The van der Waals surface area contributed by atoms with Gasteiger partial charge >= 0.3 is 0 Å². The van der Waals surface area contributed by atoms with Crippen LogP contribution in [-0.4, -0.2) is 17.0 Å². The SMILES string of the molecule is Cc1csc(CN(C)c2ccc(C)c(C#N)n2)n1. The van der Waals surface area contributed by atoms with Crippen LogP contribution in [0.15, 0.2) is 17.5 Å². The van der Waals surface area contributed by atoms with E-state index in [0.717, 1.165) is 22.1 Å². The van der Waals surface area contributed by atoms with Crippen molar-refractivity contribution >= 4 is 17.2 Å². The van der Waals surface area contributed by atoms with Crippen molar-refractivity contribution in [3.05, 3.63) is 39.5 Å². The van der Waals surface area contributed by atoms with Gasteiger partial charge in [-0.15, -0.1) is 11.3 Å². The van der Waals surface area contributed by atoms with Gasteiger partial charge in [-0.1, -0.05) is 6.07 Å². The molecule has 0 aliphatic carbocycles. The van der Waals surface area contributed by atoms with Gasteiger partial charge < -0.3 is 4.90 Å². The highest BCUT2D eigenvalue weighted by atomic mass is 32.1. The summed E-state index contributed by atoms with van der Waals surface area (Å²) < 4.78 is 0. The average molecular weight is 258 g/mol. The first-order valence-electron chi connectivity index (χ1n) is 5.60. The van der Waals surface area contributed by atoms with Crippen molar-refractivity contribution in [1.29, 1.82) is 5.26 Å². The zero-order valence-corrected chi connectivity index (χ0v) is 11.5. The summed E-state index contributed by atoms with van der Waals surface area (Å²) in [5.41, 5.74) is 2.42.